The molecular formula is C12H18N2O. The molecule has 82 valence electrons. The van der Waals surface area contributed by atoms with Gasteiger partial charge in [0.25, 0.3) is 0 Å². The van der Waals surface area contributed by atoms with E-state index in [-0.39, 0.29) is 0 Å². The molecule has 1 heterocycles. The molecule has 0 bridgehead atoms. The highest BCUT2D eigenvalue weighted by Gasteiger charge is 2.16. The number of rotatable bonds is 2. The van der Waals surface area contributed by atoms with Crippen molar-refractivity contribution in [2.75, 3.05) is 38.2 Å². The van der Waals surface area contributed by atoms with E-state index in [2.05, 4.69) is 23.2 Å². The molecule has 0 aliphatic carbocycles. The van der Waals surface area contributed by atoms with E-state index in [1.54, 1.807) is 7.11 Å². The van der Waals surface area contributed by atoms with Gasteiger partial charge in [0.15, 0.2) is 0 Å². The number of ether oxygens (including phenoxy) is 1. The first-order chi connectivity index (χ1) is 7.33. The second-order valence-corrected chi connectivity index (χ2v) is 3.86. The van der Waals surface area contributed by atoms with Crippen molar-refractivity contribution < 1.29 is 4.74 Å². The Morgan fingerprint density at radius 1 is 1.27 bits per heavy atom. The number of piperazine rings is 1. The number of methoxy groups -OCH3 is 1. The highest BCUT2D eigenvalue weighted by Crippen LogP contribution is 2.31. The SMILES string of the molecule is COc1cccc(C)c1N1CCNCC1. The van der Waals surface area contributed by atoms with Gasteiger partial charge in [-0.1, -0.05) is 12.1 Å². The van der Waals surface area contributed by atoms with Crippen LogP contribution in [-0.2, 0) is 0 Å². The number of anilines is 1. The number of aryl methyl sites for hydroxylation is 1. The molecule has 1 aliphatic heterocycles. The van der Waals surface area contributed by atoms with Gasteiger partial charge in [-0.15, -0.1) is 0 Å². The summed E-state index contributed by atoms with van der Waals surface area (Å²) >= 11 is 0. The molecule has 3 heteroatoms. The maximum atomic E-state index is 5.42. The number of hydrogen-bond acceptors (Lipinski definition) is 3. The van der Waals surface area contributed by atoms with Crippen LogP contribution in [0.2, 0.25) is 0 Å². The van der Waals surface area contributed by atoms with Gasteiger partial charge in [0.2, 0.25) is 0 Å². The van der Waals surface area contributed by atoms with E-state index in [0.29, 0.717) is 0 Å². The summed E-state index contributed by atoms with van der Waals surface area (Å²) in [7, 11) is 1.74. The second kappa shape index (κ2) is 4.53. The highest BCUT2D eigenvalue weighted by atomic mass is 16.5. The lowest BCUT2D eigenvalue weighted by Gasteiger charge is -2.31. The number of nitrogens with one attached hydrogen (secondary N) is 1. The fraction of sp³-hybridized carbons (Fsp3) is 0.500. The molecule has 3 nitrogen and oxygen atoms in total. The van der Waals surface area contributed by atoms with Crippen LogP contribution in [0, 0.1) is 6.92 Å². The maximum Gasteiger partial charge on any atom is 0.142 e. The van der Waals surface area contributed by atoms with E-state index in [0.717, 1.165) is 31.9 Å². The Morgan fingerprint density at radius 3 is 2.67 bits per heavy atom. The van der Waals surface area contributed by atoms with Crippen LogP contribution in [0.4, 0.5) is 5.69 Å². The van der Waals surface area contributed by atoms with E-state index in [9.17, 15) is 0 Å². The summed E-state index contributed by atoms with van der Waals surface area (Å²) in [6.07, 6.45) is 0. The highest BCUT2D eigenvalue weighted by molar-refractivity contribution is 5.63. The van der Waals surface area contributed by atoms with Crippen molar-refractivity contribution >= 4 is 5.69 Å². The van der Waals surface area contributed by atoms with Crippen LogP contribution in [0.25, 0.3) is 0 Å². The summed E-state index contributed by atoms with van der Waals surface area (Å²) in [6, 6.07) is 6.21. The number of para-hydroxylation sites is 1. The van der Waals surface area contributed by atoms with E-state index < -0.39 is 0 Å². The largest absolute Gasteiger partial charge is 0.495 e. The first-order valence-electron chi connectivity index (χ1n) is 5.42. The van der Waals surface area contributed by atoms with Gasteiger partial charge in [0.1, 0.15) is 5.75 Å². The summed E-state index contributed by atoms with van der Waals surface area (Å²) in [5.41, 5.74) is 2.54. The summed E-state index contributed by atoms with van der Waals surface area (Å²) in [6.45, 7) is 6.36. The van der Waals surface area contributed by atoms with Crippen LogP contribution in [-0.4, -0.2) is 33.3 Å². The monoisotopic (exact) mass is 206 g/mol. The molecule has 0 spiro atoms. The van der Waals surface area contributed by atoms with Crippen LogP contribution in [0.15, 0.2) is 18.2 Å². The lowest BCUT2D eigenvalue weighted by molar-refractivity contribution is 0.412. The molecule has 1 N–H and O–H groups in total. The molecule has 0 unspecified atom stereocenters. The molecule has 1 aromatic rings. The van der Waals surface area contributed by atoms with Crippen LogP contribution in [0.5, 0.6) is 5.75 Å². The molecule has 2 rings (SSSR count). The lowest BCUT2D eigenvalue weighted by Crippen LogP contribution is -2.43. The molecule has 1 saturated heterocycles. The van der Waals surface area contributed by atoms with Gasteiger partial charge in [0.05, 0.1) is 12.8 Å². The van der Waals surface area contributed by atoms with Gasteiger partial charge >= 0.3 is 0 Å². The number of hydrogen-bond donors (Lipinski definition) is 1. The zero-order valence-corrected chi connectivity index (χ0v) is 9.42. The predicted octanol–water partition coefficient (Wildman–Crippen LogP) is 1.41. The van der Waals surface area contributed by atoms with Crippen molar-refractivity contribution in [3.8, 4) is 5.75 Å². The summed E-state index contributed by atoms with van der Waals surface area (Å²) in [4.78, 5) is 2.39. The zero-order valence-electron chi connectivity index (χ0n) is 9.42. The first kappa shape index (κ1) is 10.3. The molecule has 1 aliphatic rings. The van der Waals surface area contributed by atoms with Crippen molar-refractivity contribution in [2.45, 2.75) is 6.92 Å². The Balaban J connectivity index is 2.31. The predicted molar refractivity (Wildman–Crippen MR) is 62.8 cm³/mol. The molecule has 0 aromatic heterocycles. The van der Waals surface area contributed by atoms with Crippen LogP contribution >= 0.6 is 0 Å². The quantitative estimate of drug-likeness (QED) is 0.792. The Bertz CT molecular complexity index is 332. The molecule has 0 amide bonds. The van der Waals surface area contributed by atoms with E-state index in [1.807, 2.05) is 12.1 Å². The molecule has 15 heavy (non-hydrogen) atoms. The number of benzene rings is 1. The minimum atomic E-state index is 0.983. The molecule has 0 atom stereocenters. The third kappa shape index (κ3) is 2.07. The van der Waals surface area contributed by atoms with Gasteiger partial charge in [-0.25, -0.2) is 0 Å². The normalized spacial score (nSPS) is 16.5. The van der Waals surface area contributed by atoms with Gasteiger partial charge in [-0.3, -0.25) is 0 Å². The van der Waals surface area contributed by atoms with Gasteiger partial charge in [-0.05, 0) is 18.6 Å². The Morgan fingerprint density at radius 2 is 2.00 bits per heavy atom. The van der Waals surface area contributed by atoms with E-state index in [4.69, 9.17) is 4.74 Å². The topological polar surface area (TPSA) is 24.5 Å². The van der Waals surface area contributed by atoms with Crippen molar-refractivity contribution in [1.29, 1.82) is 0 Å². The third-order valence-corrected chi connectivity index (χ3v) is 2.85. The van der Waals surface area contributed by atoms with E-state index >= 15 is 0 Å². The van der Waals surface area contributed by atoms with Crippen molar-refractivity contribution in [3.05, 3.63) is 23.8 Å². The average Bonchev–Trinajstić information content (AvgIpc) is 2.29. The Hall–Kier alpha value is -1.22. The van der Waals surface area contributed by atoms with E-state index in [1.165, 1.54) is 11.3 Å². The molecular weight excluding hydrogens is 188 g/mol. The Labute approximate surface area is 91.0 Å². The van der Waals surface area contributed by atoms with Crippen LogP contribution < -0.4 is 15.0 Å². The van der Waals surface area contributed by atoms with Crippen LogP contribution in [0.1, 0.15) is 5.56 Å². The zero-order chi connectivity index (χ0) is 10.7. The average molecular weight is 206 g/mol. The van der Waals surface area contributed by atoms with Crippen molar-refractivity contribution in [3.63, 3.8) is 0 Å². The van der Waals surface area contributed by atoms with Crippen LogP contribution in [0.3, 0.4) is 0 Å². The summed E-state index contributed by atoms with van der Waals surface area (Å²) in [5, 5.41) is 3.36. The maximum absolute atomic E-state index is 5.42. The molecule has 1 aromatic carbocycles. The van der Waals surface area contributed by atoms with Crippen molar-refractivity contribution in [1.82, 2.24) is 5.32 Å². The molecule has 0 radical (unpaired) electrons. The lowest BCUT2D eigenvalue weighted by atomic mass is 10.1. The molecule has 0 saturated carbocycles. The standard InChI is InChI=1S/C12H18N2O/c1-10-4-3-5-11(15-2)12(10)14-8-6-13-7-9-14/h3-5,13H,6-9H2,1-2H3. The van der Waals surface area contributed by atoms with Gasteiger partial charge < -0.3 is 15.0 Å². The fourth-order valence-electron chi connectivity index (χ4n) is 2.09. The first-order valence-corrected chi connectivity index (χ1v) is 5.42. The second-order valence-electron chi connectivity index (χ2n) is 3.86. The molecule has 1 fully saturated rings. The number of nitrogens with zero attached hydrogens (tertiary/aromatic N) is 1. The minimum Gasteiger partial charge on any atom is -0.495 e. The minimum absolute atomic E-state index is 0.983. The fourth-order valence-corrected chi connectivity index (χ4v) is 2.09. The Kier molecular flexibility index (Phi) is 3.11. The smallest absolute Gasteiger partial charge is 0.142 e. The third-order valence-electron chi connectivity index (χ3n) is 2.85. The van der Waals surface area contributed by atoms with Gasteiger partial charge in [0, 0.05) is 26.2 Å². The van der Waals surface area contributed by atoms with Crippen molar-refractivity contribution in [2.24, 2.45) is 0 Å². The van der Waals surface area contributed by atoms with Gasteiger partial charge in [-0.2, -0.15) is 0 Å². The summed E-state index contributed by atoms with van der Waals surface area (Å²) < 4.78 is 5.42. The summed E-state index contributed by atoms with van der Waals surface area (Å²) in [5.74, 6) is 0.983.